The number of rotatable bonds is 2. The zero-order chi connectivity index (χ0) is 16.0. The van der Waals surface area contributed by atoms with E-state index in [1.807, 2.05) is 25.4 Å². The van der Waals surface area contributed by atoms with Crippen LogP contribution in [0, 0.1) is 12.8 Å². The lowest BCUT2D eigenvalue weighted by atomic mass is 9.84. The molecule has 1 aliphatic carbocycles. The molecule has 1 aromatic carbocycles. The van der Waals surface area contributed by atoms with Crippen molar-refractivity contribution >= 4 is 16.6 Å². The molecule has 4 rings (SSSR count). The molecule has 5 nitrogen and oxygen atoms in total. The highest BCUT2D eigenvalue weighted by atomic mass is 16.4. The molecule has 118 valence electrons. The van der Waals surface area contributed by atoms with Crippen molar-refractivity contribution in [2.24, 2.45) is 18.1 Å². The lowest BCUT2D eigenvalue weighted by molar-refractivity contribution is 0.311. The van der Waals surface area contributed by atoms with E-state index in [1.54, 1.807) is 0 Å². The Kier molecular flexibility index (Phi) is 3.22. The summed E-state index contributed by atoms with van der Waals surface area (Å²) in [7, 11) is 2.09. The van der Waals surface area contributed by atoms with E-state index in [0.29, 0.717) is 0 Å². The van der Waals surface area contributed by atoms with Crippen molar-refractivity contribution in [1.29, 1.82) is 0 Å². The second kappa shape index (κ2) is 5.26. The molecule has 0 fully saturated rings. The minimum Gasteiger partial charge on any atom is -0.411 e. The van der Waals surface area contributed by atoms with Gasteiger partial charge in [-0.1, -0.05) is 23.4 Å². The van der Waals surface area contributed by atoms with Crippen molar-refractivity contribution in [1.82, 2.24) is 14.1 Å². The molecule has 0 saturated carbocycles. The Morgan fingerprint density at radius 3 is 2.91 bits per heavy atom. The Labute approximate surface area is 134 Å². The fourth-order valence-corrected chi connectivity index (χ4v) is 3.82. The van der Waals surface area contributed by atoms with Crippen molar-refractivity contribution < 1.29 is 5.21 Å². The SMILES string of the molecule is Cc1nccn1CC1CCc2c(c3ccccc3n2C)/C1=N\O. The Morgan fingerprint density at radius 2 is 2.17 bits per heavy atom. The lowest BCUT2D eigenvalue weighted by Crippen LogP contribution is -2.28. The molecule has 0 spiro atoms. The summed E-state index contributed by atoms with van der Waals surface area (Å²) in [6, 6.07) is 8.33. The van der Waals surface area contributed by atoms with E-state index in [1.165, 1.54) is 16.6 Å². The first kappa shape index (κ1) is 14.1. The summed E-state index contributed by atoms with van der Waals surface area (Å²) in [4.78, 5) is 4.29. The average Bonchev–Trinajstić information content (AvgIpc) is 3.10. The smallest absolute Gasteiger partial charge is 0.105 e. The number of oxime groups is 1. The van der Waals surface area contributed by atoms with Gasteiger partial charge >= 0.3 is 0 Å². The number of nitrogens with zero attached hydrogens (tertiary/aromatic N) is 4. The molecule has 5 heteroatoms. The molecule has 2 aromatic heterocycles. The third-order valence-corrected chi connectivity index (χ3v) is 5.05. The highest BCUT2D eigenvalue weighted by molar-refractivity contribution is 6.13. The van der Waals surface area contributed by atoms with Crippen molar-refractivity contribution in [3.8, 4) is 0 Å². The predicted molar refractivity (Wildman–Crippen MR) is 90.0 cm³/mol. The van der Waals surface area contributed by atoms with Crippen LogP contribution in [0.3, 0.4) is 0 Å². The summed E-state index contributed by atoms with van der Waals surface area (Å²) in [5.41, 5.74) is 4.37. The Bertz CT molecular complexity index is 903. The average molecular weight is 308 g/mol. The fourth-order valence-electron chi connectivity index (χ4n) is 3.82. The van der Waals surface area contributed by atoms with E-state index in [0.717, 1.165) is 36.5 Å². The lowest BCUT2D eigenvalue weighted by Gasteiger charge is -2.25. The molecule has 1 unspecified atom stereocenters. The molecule has 3 aromatic rings. The van der Waals surface area contributed by atoms with Gasteiger partial charge in [-0.15, -0.1) is 0 Å². The van der Waals surface area contributed by atoms with E-state index in [9.17, 15) is 5.21 Å². The first-order valence-corrected chi connectivity index (χ1v) is 7.97. The molecule has 1 atom stereocenters. The maximum Gasteiger partial charge on any atom is 0.105 e. The van der Waals surface area contributed by atoms with Crippen LogP contribution in [0.15, 0.2) is 41.8 Å². The maximum absolute atomic E-state index is 9.73. The summed E-state index contributed by atoms with van der Waals surface area (Å²) in [5.74, 6) is 1.19. The second-order valence-electron chi connectivity index (χ2n) is 6.25. The van der Waals surface area contributed by atoms with Crippen LogP contribution < -0.4 is 0 Å². The van der Waals surface area contributed by atoms with Crippen molar-refractivity contribution in [2.75, 3.05) is 0 Å². The third kappa shape index (κ3) is 2.07. The fraction of sp³-hybridized carbons (Fsp3) is 0.333. The van der Waals surface area contributed by atoms with Crippen LogP contribution in [-0.4, -0.2) is 25.0 Å². The highest BCUT2D eigenvalue weighted by Crippen LogP contribution is 2.34. The summed E-state index contributed by atoms with van der Waals surface area (Å²) < 4.78 is 4.36. The number of aromatic nitrogens is 3. The topological polar surface area (TPSA) is 55.3 Å². The molecule has 0 bridgehead atoms. The molecule has 1 N–H and O–H groups in total. The van der Waals surface area contributed by atoms with Crippen LogP contribution in [-0.2, 0) is 20.0 Å². The number of aryl methyl sites for hydroxylation is 2. The molecule has 0 saturated heterocycles. The number of hydrogen-bond donors (Lipinski definition) is 1. The molecule has 0 aliphatic heterocycles. The van der Waals surface area contributed by atoms with Crippen LogP contribution in [0.4, 0.5) is 0 Å². The molecule has 2 heterocycles. The predicted octanol–water partition coefficient (Wildman–Crippen LogP) is 3.12. The van der Waals surface area contributed by atoms with E-state index in [4.69, 9.17) is 0 Å². The van der Waals surface area contributed by atoms with Gasteiger partial charge in [0.25, 0.3) is 0 Å². The maximum atomic E-state index is 9.73. The van der Waals surface area contributed by atoms with Crippen molar-refractivity contribution in [3.05, 3.63) is 53.7 Å². The van der Waals surface area contributed by atoms with Gasteiger partial charge in [0.1, 0.15) is 5.82 Å². The van der Waals surface area contributed by atoms with E-state index in [2.05, 4.69) is 44.5 Å². The van der Waals surface area contributed by atoms with E-state index < -0.39 is 0 Å². The summed E-state index contributed by atoms with van der Waals surface area (Å²) in [6.07, 6.45) is 5.78. The molecule has 23 heavy (non-hydrogen) atoms. The van der Waals surface area contributed by atoms with Gasteiger partial charge in [0.15, 0.2) is 0 Å². The van der Waals surface area contributed by atoms with Crippen LogP contribution in [0.25, 0.3) is 10.9 Å². The van der Waals surface area contributed by atoms with Gasteiger partial charge < -0.3 is 14.3 Å². The van der Waals surface area contributed by atoms with Gasteiger partial charge in [-0.3, -0.25) is 0 Å². The molecule has 0 radical (unpaired) electrons. The molecular formula is C18H20N4O. The first-order valence-electron chi connectivity index (χ1n) is 7.97. The Hall–Kier alpha value is -2.56. The third-order valence-electron chi connectivity index (χ3n) is 5.05. The minimum atomic E-state index is 0.200. The summed E-state index contributed by atoms with van der Waals surface area (Å²) in [5, 5.41) is 14.6. The molecule has 0 amide bonds. The van der Waals surface area contributed by atoms with Gasteiger partial charge in [-0.25, -0.2) is 4.98 Å². The minimum absolute atomic E-state index is 0.200. The quantitative estimate of drug-likeness (QED) is 0.584. The van der Waals surface area contributed by atoms with Crippen molar-refractivity contribution in [3.63, 3.8) is 0 Å². The Morgan fingerprint density at radius 1 is 1.35 bits per heavy atom. The van der Waals surface area contributed by atoms with Gasteiger partial charge in [0, 0.05) is 54.1 Å². The van der Waals surface area contributed by atoms with Gasteiger partial charge in [0.05, 0.1) is 5.71 Å². The summed E-state index contributed by atoms with van der Waals surface area (Å²) >= 11 is 0. The second-order valence-corrected chi connectivity index (χ2v) is 6.25. The first-order chi connectivity index (χ1) is 11.2. The van der Waals surface area contributed by atoms with Gasteiger partial charge in [0.2, 0.25) is 0 Å². The van der Waals surface area contributed by atoms with Crippen LogP contribution in [0.1, 0.15) is 23.5 Å². The number of imidazole rings is 1. The van der Waals surface area contributed by atoms with Crippen molar-refractivity contribution in [2.45, 2.75) is 26.3 Å². The van der Waals surface area contributed by atoms with Crippen LogP contribution >= 0.6 is 0 Å². The van der Waals surface area contributed by atoms with E-state index in [-0.39, 0.29) is 5.92 Å². The Balaban J connectivity index is 1.82. The largest absolute Gasteiger partial charge is 0.411 e. The number of fused-ring (bicyclic) bond motifs is 3. The van der Waals surface area contributed by atoms with Crippen LogP contribution in [0.5, 0.6) is 0 Å². The zero-order valence-corrected chi connectivity index (χ0v) is 13.4. The molecular weight excluding hydrogens is 288 g/mol. The number of hydrogen-bond acceptors (Lipinski definition) is 3. The highest BCUT2D eigenvalue weighted by Gasteiger charge is 2.31. The number of benzene rings is 1. The zero-order valence-electron chi connectivity index (χ0n) is 13.4. The molecule has 1 aliphatic rings. The van der Waals surface area contributed by atoms with Crippen LogP contribution in [0.2, 0.25) is 0 Å². The number of para-hydroxylation sites is 1. The van der Waals surface area contributed by atoms with Gasteiger partial charge in [-0.2, -0.15) is 0 Å². The van der Waals surface area contributed by atoms with E-state index >= 15 is 0 Å². The standard InChI is InChI=1S/C18H20N4O/c1-12-19-9-10-22(12)11-13-7-8-16-17(18(13)20-23)14-5-3-4-6-15(14)21(16)2/h3-6,9-10,13,23H,7-8,11H2,1-2H3/b20-18-. The van der Waals surface area contributed by atoms with Gasteiger partial charge in [-0.05, 0) is 25.8 Å². The monoisotopic (exact) mass is 308 g/mol. The normalized spacial score (nSPS) is 19.4. The summed E-state index contributed by atoms with van der Waals surface area (Å²) in [6.45, 7) is 2.80.